The number of quaternary nitrogens is 1. The molecule has 0 aliphatic carbocycles. The molecule has 0 saturated heterocycles. The van der Waals surface area contributed by atoms with E-state index in [0.717, 1.165) is 16.7 Å². The van der Waals surface area contributed by atoms with Crippen molar-refractivity contribution in [2.75, 3.05) is 12.4 Å². The molecule has 3 aromatic rings. The highest BCUT2D eigenvalue weighted by molar-refractivity contribution is 6.30. The van der Waals surface area contributed by atoms with Gasteiger partial charge in [-0.1, -0.05) is 60.1 Å². The van der Waals surface area contributed by atoms with Gasteiger partial charge in [-0.3, -0.25) is 4.79 Å². The third-order valence-corrected chi connectivity index (χ3v) is 5.18. The Morgan fingerprint density at radius 2 is 1.69 bits per heavy atom. The summed E-state index contributed by atoms with van der Waals surface area (Å²) in [6.07, 6.45) is 0. The van der Waals surface area contributed by atoms with Gasteiger partial charge in [0, 0.05) is 16.1 Å². The molecule has 3 rings (SSSR count). The lowest BCUT2D eigenvalue weighted by molar-refractivity contribution is -0.718. The van der Waals surface area contributed by atoms with Gasteiger partial charge >= 0.3 is 0 Å². The number of nitrogens with one attached hydrogen (secondary N) is 1. The van der Waals surface area contributed by atoms with E-state index in [4.69, 9.17) is 16.3 Å². The van der Waals surface area contributed by atoms with Crippen LogP contribution in [0.5, 0.6) is 5.75 Å². The average molecular weight is 410 g/mol. The van der Waals surface area contributed by atoms with Crippen LogP contribution in [0.15, 0.2) is 72.8 Å². The maximum absolute atomic E-state index is 13.3. The molecule has 0 radical (unpaired) electrons. The van der Waals surface area contributed by atoms with Crippen molar-refractivity contribution in [1.29, 1.82) is 0 Å². The lowest BCUT2D eigenvalue weighted by Gasteiger charge is -2.21. The summed E-state index contributed by atoms with van der Waals surface area (Å²) >= 11 is 6.01. The minimum absolute atomic E-state index is 0.0719. The van der Waals surface area contributed by atoms with Gasteiger partial charge in [-0.25, -0.2) is 0 Å². The van der Waals surface area contributed by atoms with Crippen molar-refractivity contribution in [3.8, 4) is 5.75 Å². The molecule has 0 aliphatic rings. The van der Waals surface area contributed by atoms with Gasteiger partial charge in [0.05, 0.1) is 12.8 Å². The molecule has 0 bridgehead atoms. The van der Waals surface area contributed by atoms with Crippen molar-refractivity contribution >= 4 is 23.2 Å². The number of anilines is 1. The minimum Gasteiger partial charge on any atom is -0.495 e. The molecule has 3 aromatic carbocycles. The van der Waals surface area contributed by atoms with Gasteiger partial charge in [0.15, 0.2) is 6.04 Å². The summed E-state index contributed by atoms with van der Waals surface area (Å²) in [6.45, 7) is 4.07. The number of carbonyl (C=O) groups excluding carboxylic acids is 1. The summed E-state index contributed by atoms with van der Waals surface area (Å²) in [5.74, 6) is 0.544. The zero-order valence-electron chi connectivity index (χ0n) is 16.9. The topological polar surface area (TPSA) is 54.9 Å². The molecule has 0 aromatic heterocycles. The maximum Gasteiger partial charge on any atom is 0.287 e. The van der Waals surface area contributed by atoms with Gasteiger partial charge < -0.3 is 15.4 Å². The Morgan fingerprint density at radius 1 is 1.00 bits per heavy atom. The number of halogens is 1. The van der Waals surface area contributed by atoms with Gasteiger partial charge in [0.2, 0.25) is 0 Å². The lowest BCUT2D eigenvalue weighted by Crippen LogP contribution is -2.87. The molecule has 1 amide bonds. The molecular formula is C24H26ClN2O2+. The second-order valence-electron chi connectivity index (χ2n) is 7.11. The molecule has 150 valence electrons. The Balaban J connectivity index is 1.86. The molecule has 0 fully saturated rings. The average Bonchev–Trinajstić information content (AvgIpc) is 2.73. The number of benzene rings is 3. The van der Waals surface area contributed by atoms with Crippen LogP contribution < -0.4 is 15.4 Å². The van der Waals surface area contributed by atoms with Crippen LogP contribution in [0.3, 0.4) is 0 Å². The van der Waals surface area contributed by atoms with Crippen LogP contribution in [-0.2, 0) is 4.79 Å². The van der Waals surface area contributed by atoms with E-state index in [-0.39, 0.29) is 11.9 Å². The Kier molecular flexibility index (Phi) is 6.91. The SMILES string of the molecule is COc1ccc(C)cc1NC(=O)[C@H]([NH2+][C@H](C)c1ccc(Cl)cc1)c1ccccc1. The summed E-state index contributed by atoms with van der Waals surface area (Å²) in [4.78, 5) is 13.3. The Hall–Kier alpha value is -2.82. The van der Waals surface area contributed by atoms with Crippen LogP contribution in [0.25, 0.3) is 0 Å². The van der Waals surface area contributed by atoms with Crippen LogP contribution in [-0.4, -0.2) is 13.0 Å². The number of aryl methyl sites for hydroxylation is 1. The molecular weight excluding hydrogens is 384 g/mol. The number of nitrogens with two attached hydrogens (primary N) is 1. The Bertz CT molecular complexity index is 958. The first-order chi connectivity index (χ1) is 14.0. The van der Waals surface area contributed by atoms with E-state index >= 15 is 0 Å². The van der Waals surface area contributed by atoms with Crippen molar-refractivity contribution in [3.63, 3.8) is 0 Å². The molecule has 0 aliphatic heterocycles. The summed E-state index contributed by atoms with van der Waals surface area (Å²) in [7, 11) is 1.60. The smallest absolute Gasteiger partial charge is 0.287 e. The van der Waals surface area contributed by atoms with E-state index in [1.54, 1.807) is 7.11 Å². The predicted octanol–water partition coefficient (Wildman–Crippen LogP) is 4.66. The van der Waals surface area contributed by atoms with E-state index in [0.29, 0.717) is 16.5 Å². The van der Waals surface area contributed by atoms with Crippen LogP contribution in [0, 0.1) is 6.92 Å². The lowest BCUT2D eigenvalue weighted by atomic mass is 10.0. The third-order valence-electron chi connectivity index (χ3n) is 4.93. The number of hydrogen-bond donors (Lipinski definition) is 2. The van der Waals surface area contributed by atoms with Crippen molar-refractivity contribution in [3.05, 3.63) is 94.5 Å². The highest BCUT2D eigenvalue weighted by atomic mass is 35.5. The van der Waals surface area contributed by atoms with E-state index in [1.807, 2.05) is 79.7 Å². The zero-order chi connectivity index (χ0) is 20.8. The van der Waals surface area contributed by atoms with Crippen molar-refractivity contribution in [2.45, 2.75) is 25.9 Å². The second kappa shape index (κ2) is 9.59. The molecule has 0 heterocycles. The monoisotopic (exact) mass is 409 g/mol. The van der Waals surface area contributed by atoms with Crippen LogP contribution in [0.2, 0.25) is 5.02 Å². The Morgan fingerprint density at radius 3 is 2.34 bits per heavy atom. The molecule has 0 spiro atoms. The molecule has 5 heteroatoms. The highest BCUT2D eigenvalue weighted by Gasteiger charge is 2.27. The van der Waals surface area contributed by atoms with Crippen molar-refractivity contribution in [2.24, 2.45) is 0 Å². The van der Waals surface area contributed by atoms with Gasteiger partial charge in [-0.2, -0.15) is 0 Å². The molecule has 3 N–H and O–H groups in total. The molecule has 0 saturated carbocycles. The first kappa shape index (κ1) is 20.9. The largest absolute Gasteiger partial charge is 0.495 e. The fourth-order valence-electron chi connectivity index (χ4n) is 3.31. The van der Waals surface area contributed by atoms with Gasteiger partial charge in [0.25, 0.3) is 5.91 Å². The maximum atomic E-state index is 13.3. The van der Waals surface area contributed by atoms with Crippen LogP contribution in [0.4, 0.5) is 5.69 Å². The standard InChI is InChI=1S/C24H25ClN2O2/c1-16-9-14-22(29-3)21(15-16)27-24(28)23(19-7-5-4-6-8-19)26-17(2)18-10-12-20(25)13-11-18/h4-15,17,23,26H,1-3H3,(H,27,28)/p+1/t17-,23-/m1/s1. The normalized spacial score (nSPS) is 12.8. The summed E-state index contributed by atoms with van der Waals surface area (Å²) in [5.41, 5.74) is 3.77. The van der Waals surface area contributed by atoms with E-state index < -0.39 is 6.04 Å². The highest BCUT2D eigenvalue weighted by Crippen LogP contribution is 2.26. The number of amides is 1. The molecule has 0 unspecified atom stereocenters. The number of methoxy groups -OCH3 is 1. The van der Waals surface area contributed by atoms with Gasteiger partial charge in [0.1, 0.15) is 11.8 Å². The van der Waals surface area contributed by atoms with E-state index in [2.05, 4.69) is 17.6 Å². The minimum atomic E-state index is -0.410. The number of carbonyl (C=O) groups is 1. The number of hydrogen-bond acceptors (Lipinski definition) is 2. The summed E-state index contributed by atoms with van der Waals surface area (Å²) in [6, 6.07) is 22.9. The fourth-order valence-corrected chi connectivity index (χ4v) is 3.43. The fraction of sp³-hybridized carbons (Fsp3) is 0.208. The summed E-state index contributed by atoms with van der Waals surface area (Å²) < 4.78 is 5.41. The van der Waals surface area contributed by atoms with Crippen LogP contribution >= 0.6 is 11.6 Å². The van der Waals surface area contributed by atoms with E-state index in [1.165, 1.54) is 0 Å². The van der Waals surface area contributed by atoms with Crippen LogP contribution in [0.1, 0.15) is 35.7 Å². The first-order valence-corrected chi connectivity index (χ1v) is 9.96. The van der Waals surface area contributed by atoms with E-state index in [9.17, 15) is 4.79 Å². The van der Waals surface area contributed by atoms with Gasteiger partial charge in [-0.05, 0) is 43.7 Å². The molecule has 2 atom stereocenters. The third kappa shape index (κ3) is 5.37. The predicted molar refractivity (Wildman–Crippen MR) is 117 cm³/mol. The van der Waals surface area contributed by atoms with Crippen molar-refractivity contribution < 1.29 is 14.8 Å². The van der Waals surface area contributed by atoms with Gasteiger partial charge in [-0.15, -0.1) is 0 Å². The molecule has 29 heavy (non-hydrogen) atoms. The molecule has 4 nitrogen and oxygen atoms in total. The quantitative estimate of drug-likeness (QED) is 0.596. The van der Waals surface area contributed by atoms with Crippen molar-refractivity contribution in [1.82, 2.24) is 0 Å². The number of ether oxygens (including phenoxy) is 1. The first-order valence-electron chi connectivity index (χ1n) is 9.59. The Labute approximate surface area is 176 Å². The summed E-state index contributed by atoms with van der Waals surface area (Å²) in [5, 5.41) is 5.82. The number of rotatable bonds is 7. The second-order valence-corrected chi connectivity index (χ2v) is 7.55. The zero-order valence-corrected chi connectivity index (χ0v) is 17.6.